The summed E-state index contributed by atoms with van der Waals surface area (Å²) in [5.41, 5.74) is 0.662. The number of hydrogen-bond donors (Lipinski definition) is 1. The van der Waals surface area contributed by atoms with E-state index < -0.39 is 11.7 Å². The molecule has 0 spiro atoms. The molecule has 1 N–H and O–H groups in total. The summed E-state index contributed by atoms with van der Waals surface area (Å²) in [6, 6.07) is 5.97. The zero-order valence-electron chi connectivity index (χ0n) is 14.7. The number of hydrogen-bond acceptors (Lipinski definition) is 5. The van der Waals surface area contributed by atoms with Gasteiger partial charge < -0.3 is 14.7 Å². The van der Waals surface area contributed by atoms with E-state index in [2.05, 4.69) is 15.5 Å². The number of benzene rings is 1. The number of halogens is 3. The van der Waals surface area contributed by atoms with Crippen molar-refractivity contribution in [3.05, 3.63) is 58.4 Å². The van der Waals surface area contributed by atoms with E-state index >= 15 is 0 Å². The predicted molar refractivity (Wildman–Crippen MR) is 95.5 cm³/mol. The Bertz CT molecular complexity index is 983. The van der Waals surface area contributed by atoms with E-state index in [9.17, 15) is 18.0 Å². The van der Waals surface area contributed by atoms with Crippen molar-refractivity contribution in [2.24, 2.45) is 0 Å². The first-order valence-corrected chi connectivity index (χ1v) is 9.23. The highest BCUT2D eigenvalue weighted by molar-refractivity contribution is 7.15. The molecule has 2 aromatic heterocycles. The number of aryl methyl sites for hydroxylation is 1. The molecule has 0 bridgehead atoms. The molecule has 1 saturated heterocycles. The number of nitrogens with zero attached hydrogens (tertiary/aromatic N) is 3. The van der Waals surface area contributed by atoms with Gasteiger partial charge in [0.05, 0.1) is 22.3 Å². The summed E-state index contributed by atoms with van der Waals surface area (Å²) in [7, 11) is 0. The minimum absolute atomic E-state index is 0.185. The highest BCUT2D eigenvalue weighted by atomic mass is 32.1. The number of thiazole rings is 1. The van der Waals surface area contributed by atoms with Crippen LogP contribution < -0.4 is 5.32 Å². The zero-order valence-corrected chi connectivity index (χ0v) is 15.5. The molecule has 10 heteroatoms. The van der Waals surface area contributed by atoms with Crippen molar-refractivity contribution in [3.8, 4) is 10.6 Å². The van der Waals surface area contributed by atoms with Gasteiger partial charge in [-0.3, -0.25) is 0 Å². The second-order valence-corrected chi connectivity index (χ2v) is 7.40. The van der Waals surface area contributed by atoms with Gasteiger partial charge >= 0.3 is 12.2 Å². The largest absolute Gasteiger partial charge is 0.416 e. The number of carbonyl (C=O) groups excluding carboxylic acids is 1. The van der Waals surface area contributed by atoms with Gasteiger partial charge in [0.25, 0.3) is 0 Å². The number of nitrogens with one attached hydrogen (secondary N) is 1. The standard InChI is InChI=1S/C18H15F3N4O2S/c1-10-15(14-6-7-23-27-14)28-16(24-10)13-8-22-17(26)25(13)9-11-2-4-12(5-3-11)18(19,20)21/h2-7,13H,8-9H2,1H3,(H,22,26). The SMILES string of the molecule is Cc1nc(C2CNC(=O)N2Cc2ccc(C(F)(F)F)cc2)sc1-c1ccno1. The lowest BCUT2D eigenvalue weighted by molar-refractivity contribution is -0.137. The molecule has 1 atom stereocenters. The highest BCUT2D eigenvalue weighted by Crippen LogP contribution is 2.36. The number of amides is 2. The molecule has 1 aliphatic rings. The molecular weight excluding hydrogens is 393 g/mol. The summed E-state index contributed by atoms with van der Waals surface area (Å²) >= 11 is 1.41. The van der Waals surface area contributed by atoms with Gasteiger partial charge in [0, 0.05) is 19.2 Å². The van der Waals surface area contributed by atoms with Crippen LogP contribution in [-0.2, 0) is 12.7 Å². The van der Waals surface area contributed by atoms with Crippen molar-refractivity contribution in [2.45, 2.75) is 25.7 Å². The molecule has 1 aromatic carbocycles. The minimum atomic E-state index is -4.39. The lowest BCUT2D eigenvalue weighted by atomic mass is 10.1. The Morgan fingerprint density at radius 2 is 2.04 bits per heavy atom. The molecule has 146 valence electrons. The molecule has 0 aliphatic carbocycles. The summed E-state index contributed by atoms with van der Waals surface area (Å²) in [6.45, 7) is 2.41. The highest BCUT2D eigenvalue weighted by Gasteiger charge is 2.35. The Balaban J connectivity index is 1.57. The van der Waals surface area contributed by atoms with Crippen molar-refractivity contribution in [1.82, 2.24) is 20.4 Å². The van der Waals surface area contributed by atoms with Crippen molar-refractivity contribution < 1.29 is 22.5 Å². The van der Waals surface area contributed by atoms with Crippen LogP contribution in [0.25, 0.3) is 10.6 Å². The second kappa shape index (κ2) is 6.93. The zero-order chi connectivity index (χ0) is 19.9. The third-order valence-electron chi connectivity index (χ3n) is 4.48. The molecule has 2 amide bonds. The predicted octanol–water partition coefficient (Wildman–Crippen LogP) is 4.39. The van der Waals surface area contributed by atoms with Gasteiger partial charge in [-0.15, -0.1) is 11.3 Å². The first-order chi connectivity index (χ1) is 13.3. The summed E-state index contributed by atoms with van der Waals surface area (Å²) in [4.78, 5) is 19.3. The Morgan fingerprint density at radius 1 is 1.29 bits per heavy atom. The van der Waals surface area contributed by atoms with Crippen LogP contribution in [0.2, 0.25) is 0 Å². The van der Waals surface area contributed by atoms with Crippen molar-refractivity contribution >= 4 is 17.4 Å². The number of urea groups is 1. The van der Waals surface area contributed by atoms with Crippen LogP contribution in [-0.4, -0.2) is 27.6 Å². The molecule has 1 fully saturated rings. The van der Waals surface area contributed by atoms with Crippen LogP contribution in [0.15, 0.2) is 41.1 Å². The maximum Gasteiger partial charge on any atom is 0.416 e. The summed E-state index contributed by atoms with van der Waals surface area (Å²) in [5, 5.41) is 7.21. The lowest BCUT2D eigenvalue weighted by Gasteiger charge is -2.21. The molecule has 3 heterocycles. The maximum absolute atomic E-state index is 12.7. The second-order valence-electron chi connectivity index (χ2n) is 6.37. The fourth-order valence-corrected chi connectivity index (χ4v) is 4.19. The normalized spacial score (nSPS) is 17.2. The van der Waals surface area contributed by atoms with Gasteiger partial charge in [0.1, 0.15) is 11.0 Å². The van der Waals surface area contributed by atoms with Crippen LogP contribution >= 0.6 is 11.3 Å². The first-order valence-electron chi connectivity index (χ1n) is 8.42. The van der Waals surface area contributed by atoms with Gasteiger partial charge in [-0.1, -0.05) is 17.3 Å². The molecule has 6 nitrogen and oxygen atoms in total. The van der Waals surface area contributed by atoms with Gasteiger partial charge in [-0.2, -0.15) is 13.2 Å². The summed E-state index contributed by atoms with van der Waals surface area (Å²) in [5.74, 6) is 0.604. The van der Waals surface area contributed by atoms with Crippen LogP contribution in [0.1, 0.15) is 27.9 Å². The first kappa shape index (κ1) is 18.5. The fourth-order valence-electron chi connectivity index (χ4n) is 3.06. The summed E-state index contributed by atoms with van der Waals surface area (Å²) in [6.07, 6.45) is -2.84. The van der Waals surface area contributed by atoms with Crippen LogP contribution in [0.3, 0.4) is 0 Å². The lowest BCUT2D eigenvalue weighted by Crippen LogP contribution is -2.29. The Hall–Kier alpha value is -2.88. The molecule has 1 aliphatic heterocycles. The summed E-state index contributed by atoms with van der Waals surface area (Å²) < 4.78 is 43.4. The van der Waals surface area contributed by atoms with E-state index in [1.54, 1.807) is 17.2 Å². The van der Waals surface area contributed by atoms with E-state index in [0.29, 0.717) is 17.9 Å². The topological polar surface area (TPSA) is 71.3 Å². The minimum Gasteiger partial charge on any atom is -0.355 e. The number of rotatable bonds is 4. The monoisotopic (exact) mass is 408 g/mol. The van der Waals surface area contributed by atoms with Crippen LogP contribution in [0, 0.1) is 6.92 Å². The average Bonchev–Trinajstić information content (AvgIpc) is 3.36. The third kappa shape index (κ3) is 3.47. The van der Waals surface area contributed by atoms with Gasteiger partial charge in [0.15, 0.2) is 5.76 Å². The molecule has 28 heavy (non-hydrogen) atoms. The van der Waals surface area contributed by atoms with E-state index in [-0.39, 0.29) is 18.6 Å². The Morgan fingerprint density at radius 3 is 2.68 bits per heavy atom. The van der Waals surface area contributed by atoms with Crippen molar-refractivity contribution in [3.63, 3.8) is 0 Å². The fraction of sp³-hybridized carbons (Fsp3) is 0.278. The van der Waals surface area contributed by atoms with Crippen molar-refractivity contribution in [1.29, 1.82) is 0 Å². The van der Waals surface area contributed by atoms with E-state index in [1.165, 1.54) is 23.5 Å². The van der Waals surface area contributed by atoms with E-state index in [1.807, 2.05) is 6.92 Å². The number of carbonyl (C=O) groups is 1. The quantitative estimate of drug-likeness (QED) is 0.695. The molecule has 4 rings (SSSR count). The Kier molecular flexibility index (Phi) is 4.58. The third-order valence-corrected chi connectivity index (χ3v) is 5.75. The molecule has 1 unspecified atom stereocenters. The maximum atomic E-state index is 12.7. The van der Waals surface area contributed by atoms with Crippen LogP contribution in [0.5, 0.6) is 0 Å². The van der Waals surface area contributed by atoms with E-state index in [0.717, 1.165) is 27.7 Å². The van der Waals surface area contributed by atoms with Gasteiger partial charge in [0.2, 0.25) is 0 Å². The number of alkyl halides is 3. The Labute approximate surface area is 162 Å². The smallest absolute Gasteiger partial charge is 0.355 e. The molecular formula is C18H15F3N4O2S. The number of aromatic nitrogens is 2. The van der Waals surface area contributed by atoms with Crippen molar-refractivity contribution in [2.75, 3.05) is 6.54 Å². The van der Waals surface area contributed by atoms with Gasteiger partial charge in [-0.25, -0.2) is 9.78 Å². The average molecular weight is 408 g/mol. The van der Waals surface area contributed by atoms with Crippen LogP contribution in [0.4, 0.5) is 18.0 Å². The molecule has 3 aromatic rings. The molecule has 0 saturated carbocycles. The van der Waals surface area contributed by atoms with E-state index in [4.69, 9.17) is 4.52 Å². The van der Waals surface area contributed by atoms with Gasteiger partial charge in [-0.05, 0) is 24.6 Å². The molecule has 0 radical (unpaired) electrons.